The molecular formula is C7H16N4O. The lowest BCUT2D eigenvalue weighted by Gasteiger charge is -2.46. The number of aliphatic imine (C=N–C) groups is 1. The van der Waals surface area contributed by atoms with Crippen LogP contribution < -0.4 is 17.0 Å². The minimum absolute atomic E-state index is 0.0727. The van der Waals surface area contributed by atoms with Gasteiger partial charge in [0.25, 0.3) is 0 Å². The predicted octanol–water partition coefficient (Wildman–Crippen LogP) is -1.08. The van der Waals surface area contributed by atoms with Gasteiger partial charge >= 0.3 is 0 Å². The maximum atomic E-state index is 9.37. The van der Waals surface area contributed by atoms with Gasteiger partial charge in [0.15, 0.2) is 0 Å². The summed E-state index contributed by atoms with van der Waals surface area (Å²) in [6.07, 6.45) is 0.381. The van der Waals surface area contributed by atoms with Gasteiger partial charge in [-0.05, 0) is 6.42 Å². The Hall–Kier alpha value is -0.810. The molecule has 1 saturated carbocycles. The first-order valence-corrected chi connectivity index (χ1v) is 3.96. The molecule has 0 aliphatic heterocycles. The van der Waals surface area contributed by atoms with Crippen molar-refractivity contribution in [3.8, 4) is 0 Å². The Kier molecular flexibility index (Phi) is 2.25. The maximum Gasteiger partial charge on any atom is 0.203 e. The van der Waals surface area contributed by atoms with Crippen LogP contribution in [-0.4, -0.2) is 23.2 Å². The van der Waals surface area contributed by atoms with Crippen molar-refractivity contribution in [2.45, 2.75) is 32.4 Å². The van der Waals surface area contributed by atoms with Crippen LogP contribution in [-0.2, 0) is 0 Å². The zero-order valence-electron chi connectivity index (χ0n) is 7.41. The van der Waals surface area contributed by atoms with Gasteiger partial charge < -0.3 is 10.8 Å². The Morgan fingerprint density at radius 1 is 1.67 bits per heavy atom. The second-order valence-corrected chi connectivity index (χ2v) is 3.75. The molecule has 5 nitrogen and oxygen atoms in total. The molecule has 0 aromatic heterocycles. The molecule has 1 aliphatic carbocycles. The third kappa shape index (κ3) is 1.37. The Morgan fingerprint density at radius 2 is 2.25 bits per heavy atom. The fraction of sp³-hybridized carbons (Fsp3) is 0.857. The SMILES string of the molecule is CC1(C)C(O)CC1N=C(N)NN. The number of guanidine groups is 1. The third-order valence-electron chi connectivity index (χ3n) is 2.61. The molecule has 1 rings (SSSR count). The van der Waals surface area contributed by atoms with Gasteiger partial charge in [-0.15, -0.1) is 0 Å². The second-order valence-electron chi connectivity index (χ2n) is 3.75. The highest BCUT2D eigenvalue weighted by atomic mass is 16.3. The Morgan fingerprint density at radius 3 is 2.58 bits per heavy atom. The molecule has 0 aromatic rings. The van der Waals surface area contributed by atoms with Crippen LogP contribution in [0.3, 0.4) is 0 Å². The van der Waals surface area contributed by atoms with E-state index in [0.29, 0.717) is 6.42 Å². The van der Waals surface area contributed by atoms with Crippen LogP contribution in [0.2, 0.25) is 0 Å². The van der Waals surface area contributed by atoms with Crippen molar-refractivity contribution in [2.24, 2.45) is 22.0 Å². The predicted molar refractivity (Wildman–Crippen MR) is 47.1 cm³/mol. The van der Waals surface area contributed by atoms with E-state index in [9.17, 15) is 5.11 Å². The highest BCUT2D eigenvalue weighted by Gasteiger charge is 2.47. The van der Waals surface area contributed by atoms with Crippen molar-refractivity contribution < 1.29 is 5.11 Å². The second kappa shape index (κ2) is 2.91. The highest BCUT2D eigenvalue weighted by Crippen LogP contribution is 2.42. The van der Waals surface area contributed by atoms with Crippen LogP contribution in [0.1, 0.15) is 20.3 Å². The Labute approximate surface area is 71.8 Å². The van der Waals surface area contributed by atoms with E-state index in [1.54, 1.807) is 0 Å². The topological polar surface area (TPSA) is 96.7 Å². The van der Waals surface area contributed by atoms with E-state index in [0.717, 1.165) is 0 Å². The van der Waals surface area contributed by atoms with Crippen LogP contribution in [0.5, 0.6) is 0 Å². The summed E-state index contributed by atoms with van der Waals surface area (Å²) in [4.78, 5) is 4.10. The molecule has 70 valence electrons. The van der Waals surface area contributed by atoms with Crippen LogP contribution in [0.4, 0.5) is 0 Å². The van der Waals surface area contributed by atoms with Crippen molar-refractivity contribution in [1.82, 2.24) is 5.43 Å². The van der Waals surface area contributed by atoms with Gasteiger partial charge in [0.1, 0.15) is 0 Å². The molecule has 5 heteroatoms. The average molecular weight is 172 g/mol. The van der Waals surface area contributed by atoms with E-state index in [4.69, 9.17) is 11.6 Å². The van der Waals surface area contributed by atoms with Crippen molar-refractivity contribution in [1.29, 1.82) is 0 Å². The van der Waals surface area contributed by atoms with Gasteiger partial charge in [-0.1, -0.05) is 13.8 Å². The lowest BCUT2D eigenvalue weighted by Crippen LogP contribution is -2.53. The zero-order valence-corrected chi connectivity index (χ0v) is 7.41. The zero-order chi connectivity index (χ0) is 9.35. The molecule has 0 saturated heterocycles. The molecule has 0 spiro atoms. The molecule has 0 heterocycles. The normalized spacial score (nSPS) is 34.2. The molecule has 12 heavy (non-hydrogen) atoms. The fourth-order valence-corrected chi connectivity index (χ4v) is 1.30. The van der Waals surface area contributed by atoms with Crippen molar-refractivity contribution >= 4 is 5.96 Å². The van der Waals surface area contributed by atoms with Crippen LogP contribution in [0.25, 0.3) is 0 Å². The van der Waals surface area contributed by atoms with Crippen LogP contribution in [0.15, 0.2) is 4.99 Å². The molecule has 0 amide bonds. The van der Waals surface area contributed by atoms with Gasteiger partial charge in [0, 0.05) is 5.41 Å². The summed E-state index contributed by atoms with van der Waals surface area (Å²) < 4.78 is 0. The molecule has 2 atom stereocenters. The molecule has 1 fully saturated rings. The van der Waals surface area contributed by atoms with Crippen LogP contribution >= 0.6 is 0 Å². The molecule has 2 unspecified atom stereocenters. The van der Waals surface area contributed by atoms with E-state index >= 15 is 0 Å². The molecule has 1 aliphatic rings. The van der Waals surface area contributed by atoms with E-state index in [2.05, 4.69) is 10.4 Å². The summed E-state index contributed by atoms with van der Waals surface area (Å²) in [6, 6.07) is 0.0727. The summed E-state index contributed by atoms with van der Waals surface area (Å²) in [6.45, 7) is 3.91. The molecule has 0 radical (unpaired) electrons. The highest BCUT2D eigenvalue weighted by molar-refractivity contribution is 5.77. The molecular weight excluding hydrogens is 156 g/mol. The summed E-state index contributed by atoms with van der Waals surface area (Å²) in [5.41, 5.74) is 7.47. The minimum atomic E-state index is -0.281. The van der Waals surface area contributed by atoms with Gasteiger partial charge in [0.05, 0.1) is 12.1 Å². The van der Waals surface area contributed by atoms with Gasteiger partial charge in [-0.2, -0.15) is 0 Å². The van der Waals surface area contributed by atoms with Crippen molar-refractivity contribution in [3.05, 3.63) is 0 Å². The van der Waals surface area contributed by atoms with E-state index < -0.39 is 0 Å². The van der Waals surface area contributed by atoms with Gasteiger partial charge in [0.2, 0.25) is 5.96 Å². The van der Waals surface area contributed by atoms with Crippen LogP contribution in [0, 0.1) is 5.41 Å². The Balaban J connectivity index is 2.58. The minimum Gasteiger partial charge on any atom is -0.392 e. The number of aliphatic hydroxyl groups excluding tert-OH is 1. The number of hydrazine groups is 1. The largest absolute Gasteiger partial charge is 0.392 e. The number of nitrogens with zero attached hydrogens (tertiary/aromatic N) is 1. The van der Waals surface area contributed by atoms with E-state index in [-0.39, 0.29) is 23.5 Å². The molecule has 6 N–H and O–H groups in total. The monoisotopic (exact) mass is 172 g/mol. The molecule has 0 aromatic carbocycles. The smallest absolute Gasteiger partial charge is 0.203 e. The summed E-state index contributed by atoms with van der Waals surface area (Å²) in [5, 5.41) is 9.37. The van der Waals surface area contributed by atoms with Crippen molar-refractivity contribution in [3.63, 3.8) is 0 Å². The van der Waals surface area contributed by atoms with Gasteiger partial charge in [-0.3, -0.25) is 5.43 Å². The number of nitrogens with two attached hydrogens (primary N) is 2. The number of hydrogen-bond acceptors (Lipinski definition) is 3. The van der Waals surface area contributed by atoms with Gasteiger partial charge in [-0.25, -0.2) is 10.8 Å². The third-order valence-corrected chi connectivity index (χ3v) is 2.61. The number of nitrogens with one attached hydrogen (secondary N) is 1. The Bertz CT molecular complexity index is 202. The first-order valence-electron chi connectivity index (χ1n) is 3.96. The maximum absolute atomic E-state index is 9.37. The number of rotatable bonds is 1. The van der Waals surface area contributed by atoms with E-state index in [1.165, 1.54) is 0 Å². The standard InChI is InChI=1S/C7H16N4O/c1-7(2)4(3-5(7)12)10-6(8)11-9/h4-5,12H,3,9H2,1-2H3,(H3,8,10,11). The number of hydrogen-bond donors (Lipinski definition) is 4. The summed E-state index contributed by atoms with van der Waals surface area (Å²) >= 11 is 0. The summed E-state index contributed by atoms with van der Waals surface area (Å²) in [5.74, 6) is 5.28. The quantitative estimate of drug-likeness (QED) is 0.175. The lowest BCUT2D eigenvalue weighted by atomic mass is 9.65. The lowest BCUT2D eigenvalue weighted by molar-refractivity contribution is -0.0577. The summed E-state index contributed by atoms with van der Waals surface area (Å²) in [7, 11) is 0. The molecule has 0 bridgehead atoms. The first kappa shape index (κ1) is 9.28. The average Bonchev–Trinajstić information content (AvgIpc) is 2.03. The van der Waals surface area contributed by atoms with E-state index in [1.807, 2.05) is 13.8 Å². The fourth-order valence-electron chi connectivity index (χ4n) is 1.30. The number of aliphatic hydroxyl groups is 1. The first-order chi connectivity index (χ1) is 5.48. The van der Waals surface area contributed by atoms with Crippen molar-refractivity contribution in [2.75, 3.05) is 0 Å².